The van der Waals surface area contributed by atoms with Gasteiger partial charge in [-0.1, -0.05) is 29.3 Å². The molecule has 1 aromatic heterocycles. The molecule has 29 heavy (non-hydrogen) atoms. The van der Waals surface area contributed by atoms with E-state index in [1.165, 1.54) is 6.07 Å². The third-order valence-corrected chi connectivity index (χ3v) is 5.40. The fourth-order valence-corrected chi connectivity index (χ4v) is 3.94. The van der Waals surface area contributed by atoms with Crippen LogP contribution in [0.3, 0.4) is 0 Å². The number of aromatic nitrogens is 1. The van der Waals surface area contributed by atoms with Crippen LogP contribution >= 0.6 is 23.2 Å². The molecular weight excluding hydrogens is 415 g/mol. The molecule has 1 aliphatic heterocycles. The second kappa shape index (κ2) is 7.85. The topological polar surface area (TPSA) is 79.6 Å². The molecule has 0 saturated carbocycles. The van der Waals surface area contributed by atoms with Crippen LogP contribution in [-0.2, 0) is 0 Å². The van der Waals surface area contributed by atoms with E-state index in [1.807, 2.05) is 11.0 Å². The standard InChI is InChI=1S/C20H16Cl2N4O3/c21-14-3-4-17(18(12-14)26(28)29)24-6-8-25(9-7-24)20(27)16-11-15(22)10-13-2-1-5-23-19(13)16/h1-5,10-12H,6-9H2. The van der Waals surface area contributed by atoms with Crippen LogP contribution in [0.1, 0.15) is 10.4 Å². The van der Waals surface area contributed by atoms with Gasteiger partial charge in [0.05, 0.1) is 16.0 Å². The van der Waals surface area contributed by atoms with Crippen molar-refractivity contribution in [2.24, 2.45) is 0 Å². The first kappa shape index (κ1) is 19.4. The van der Waals surface area contributed by atoms with Gasteiger partial charge in [0.1, 0.15) is 5.69 Å². The lowest BCUT2D eigenvalue weighted by atomic mass is 10.1. The number of fused-ring (bicyclic) bond motifs is 1. The second-order valence-corrected chi connectivity index (χ2v) is 7.57. The summed E-state index contributed by atoms with van der Waals surface area (Å²) in [5.74, 6) is -0.151. The van der Waals surface area contributed by atoms with Gasteiger partial charge in [0, 0.05) is 53.9 Å². The number of rotatable bonds is 3. The summed E-state index contributed by atoms with van der Waals surface area (Å²) in [6.45, 7) is 1.80. The van der Waals surface area contributed by atoms with Crippen LogP contribution in [-0.4, -0.2) is 46.9 Å². The van der Waals surface area contributed by atoms with Crippen molar-refractivity contribution in [3.05, 3.63) is 74.4 Å². The zero-order valence-electron chi connectivity index (χ0n) is 15.2. The highest BCUT2D eigenvalue weighted by molar-refractivity contribution is 6.32. The largest absolute Gasteiger partial charge is 0.362 e. The van der Waals surface area contributed by atoms with Crippen molar-refractivity contribution in [2.45, 2.75) is 0 Å². The first-order valence-corrected chi connectivity index (χ1v) is 9.72. The zero-order chi connectivity index (χ0) is 20.5. The Hall–Kier alpha value is -2.90. The van der Waals surface area contributed by atoms with Crippen molar-refractivity contribution in [2.75, 3.05) is 31.1 Å². The molecule has 2 heterocycles. The molecule has 0 bridgehead atoms. The third-order valence-electron chi connectivity index (χ3n) is 4.94. The second-order valence-electron chi connectivity index (χ2n) is 6.70. The van der Waals surface area contributed by atoms with Crippen molar-refractivity contribution in [3.63, 3.8) is 0 Å². The van der Waals surface area contributed by atoms with Crippen LogP contribution < -0.4 is 4.90 Å². The molecule has 9 heteroatoms. The van der Waals surface area contributed by atoms with E-state index in [4.69, 9.17) is 23.2 Å². The number of nitro groups is 1. The predicted molar refractivity (Wildman–Crippen MR) is 113 cm³/mol. The Labute approximate surface area is 176 Å². The lowest BCUT2D eigenvalue weighted by Gasteiger charge is -2.36. The number of nitrogens with zero attached hydrogens (tertiary/aromatic N) is 4. The van der Waals surface area contributed by atoms with Crippen LogP contribution in [0.4, 0.5) is 11.4 Å². The van der Waals surface area contributed by atoms with Gasteiger partial charge in [-0.05, 0) is 30.3 Å². The first-order chi connectivity index (χ1) is 13.9. The average molecular weight is 431 g/mol. The van der Waals surface area contributed by atoms with Crippen molar-refractivity contribution >= 4 is 51.4 Å². The van der Waals surface area contributed by atoms with Gasteiger partial charge in [0.2, 0.25) is 0 Å². The normalized spacial score (nSPS) is 14.3. The van der Waals surface area contributed by atoms with E-state index < -0.39 is 4.92 Å². The van der Waals surface area contributed by atoms with E-state index in [2.05, 4.69) is 4.98 Å². The number of halogens is 2. The maximum Gasteiger partial charge on any atom is 0.294 e. The number of carbonyl (C=O) groups excluding carboxylic acids is 1. The van der Waals surface area contributed by atoms with Gasteiger partial charge in [0.15, 0.2) is 0 Å². The minimum Gasteiger partial charge on any atom is -0.362 e. The van der Waals surface area contributed by atoms with Crippen molar-refractivity contribution in [1.82, 2.24) is 9.88 Å². The molecule has 148 valence electrons. The first-order valence-electron chi connectivity index (χ1n) is 8.96. The third kappa shape index (κ3) is 3.83. The number of piperazine rings is 1. The number of anilines is 1. The molecule has 3 aromatic rings. The molecule has 7 nitrogen and oxygen atoms in total. The SMILES string of the molecule is O=C(c1cc(Cl)cc2cccnc12)N1CCN(c2ccc(Cl)cc2[N+](=O)[O-])CC1. The van der Waals surface area contributed by atoms with Gasteiger partial charge in [0.25, 0.3) is 11.6 Å². The number of carbonyl (C=O) groups is 1. The van der Waals surface area contributed by atoms with Crippen LogP contribution in [0.5, 0.6) is 0 Å². The van der Waals surface area contributed by atoms with Crippen LogP contribution in [0.15, 0.2) is 48.7 Å². The van der Waals surface area contributed by atoms with Gasteiger partial charge in [-0.3, -0.25) is 19.9 Å². The summed E-state index contributed by atoms with van der Waals surface area (Å²) in [6.07, 6.45) is 1.64. The lowest BCUT2D eigenvalue weighted by molar-refractivity contribution is -0.384. The van der Waals surface area contributed by atoms with Gasteiger partial charge >= 0.3 is 0 Å². The molecule has 4 rings (SSSR count). The summed E-state index contributed by atoms with van der Waals surface area (Å²) in [4.78, 5) is 32.0. The van der Waals surface area contributed by atoms with Crippen molar-refractivity contribution < 1.29 is 9.72 Å². The molecule has 1 amide bonds. The Morgan fingerprint density at radius 2 is 1.79 bits per heavy atom. The van der Waals surface area contributed by atoms with Crippen LogP contribution in [0.25, 0.3) is 10.9 Å². The van der Waals surface area contributed by atoms with E-state index in [-0.39, 0.29) is 11.6 Å². The Morgan fingerprint density at radius 1 is 1.03 bits per heavy atom. The molecule has 0 spiro atoms. The molecule has 0 aliphatic carbocycles. The van der Waals surface area contributed by atoms with E-state index in [0.717, 1.165) is 5.39 Å². The smallest absolute Gasteiger partial charge is 0.294 e. The summed E-state index contributed by atoms with van der Waals surface area (Å²) in [7, 11) is 0. The minimum atomic E-state index is -0.442. The van der Waals surface area contributed by atoms with E-state index in [0.29, 0.717) is 53.0 Å². The van der Waals surface area contributed by atoms with E-state index in [9.17, 15) is 14.9 Å². The molecule has 2 aromatic carbocycles. The Balaban J connectivity index is 1.55. The summed E-state index contributed by atoms with van der Waals surface area (Å²) >= 11 is 12.1. The molecule has 1 fully saturated rings. The number of pyridine rings is 1. The summed E-state index contributed by atoms with van der Waals surface area (Å²) in [5, 5.41) is 13.0. The van der Waals surface area contributed by atoms with Gasteiger partial charge in [-0.25, -0.2) is 0 Å². The number of nitro benzene ring substituents is 1. The molecule has 0 atom stereocenters. The van der Waals surface area contributed by atoms with Gasteiger partial charge in [-0.2, -0.15) is 0 Å². The number of hydrogen-bond acceptors (Lipinski definition) is 5. The van der Waals surface area contributed by atoms with Crippen LogP contribution in [0, 0.1) is 10.1 Å². The van der Waals surface area contributed by atoms with Crippen LogP contribution in [0.2, 0.25) is 10.0 Å². The fraction of sp³-hybridized carbons (Fsp3) is 0.200. The minimum absolute atomic E-state index is 0.0395. The van der Waals surface area contributed by atoms with Crippen molar-refractivity contribution in [3.8, 4) is 0 Å². The van der Waals surface area contributed by atoms with Crippen molar-refractivity contribution in [1.29, 1.82) is 0 Å². The number of amides is 1. The number of hydrogen-bond donors (Lipinski definition) is 0. The molecule has 1 saturated heterocycles. The molecule has 0 N–H and O–H groups in total. The molecular formula is C20H16Cl2N4O3. The molecule has 0 unspecified atom stereocenters. The Bertz CT molecular complexity index is 1110. The maximum atomic E-state index is 13.1. The summed E-state index contributed by atoms with van der Waals surface area (Å²) < 4.78 is 0. The quantitative estimate of drug-likeness (QED) is 0.453. The fourth-order valence-electron chi connectivity index (χ4n) is 3.55. The average Bonchev–Trinajstić information content (AvgIpc) is 2.72. The molecule has 0 radical (unpaired) electrons. The zero-order valence-corrected chi connectivity index (χ0v) is 16.7. The Kier molecular flexibility index (Phi) is 5.25. The van der Waals surface area contributed by atoms with Gasteiger partial charge in [-0.15, -0.1) is 0 Å². The predicted octanol–water partition coefficient (Wildman–Crippen LogP) is 4.41. The highest BCUT2D eigenvalue weighted by Gasteiger charge is 2.27. The highest BCUT2D eigenvalue weighted by atomic mass is 35.5. The monoisotopic (exact) mass is 430 g/mol. The summed E-state index contributed by atoms with van der Waals surface area (Å²) in [5.41, 5.74) is 1.53. The highest BCUT2D eigenvalue weighted by Crippen LogP contribution is 2.32. The summed E-state index contributed by atoms with van der Waals surface area (Å²) in [6, 6.07) is 11.7. The van der Waals surface area contributed by atoms with E-state index >= 15 is 0 Å². The van der Waals surface area contributed by atoms with Gasteiger partial charge < -0.3 is 9.80 Å². The molecule has 1 aliphatic rings. The van der Waals surface area contributed by atoms with E-state index in [1.54, 1.807) is 41.4 Å². The number of benzene rings is 2. The Morgan fingerprint density at radius 3 is 2.52 bits per heavy atom. The maximum absolute atomic E-state index is 13.1. The lowest BCUT2D eigenvalue weighted by Crippen LogP contribution is -2.49.